The molecular formula is C20H19ClN4O4. The van der Waals surface area contributed by atoms with E-state index in [1.54, 1.807) is 32.0 Å². The van der Waals surface area contributed by atoms with E-state index in [0.29, 0.717) is 5.69 Å². The molecule has 0 aliphatic rings. The Balaban J connectivity index is 1.97. The van der Waals surface area contributed by atoms with Crippen LogP contribution in [0.3, 0.4) is 0 Å². The second kappa shape index (κ2) is 10.1. The molecule has 0 spiro atoms. The molecule has 2 rings (SSSR count). The maximum absolute atomic E-state index is 12.3. The largest absolute Gasteiger partial charge is 0.452 e. The highest BCUT2D eigenvalue weighted by Gasteiger charge is 2.16. The summed E-state index contributed by atoms with van der Waals surface area (Å²) in [5, 5.41) is 16.8. The fourth-order valence-electron chi connectivity index (χ4n) is 2.28. The predicted molar refractivity (Wildman–Crippen MR) is 109 cm³/mol. The molecule has 8 nitrogen and oxygen atoms in total. The zero-order valence-corrected chi connectivity index (χ0v) is 16.5. The van der Waals surface area contributed by atoms with Gasteiger partial charge in [-0.25, -0.2) is 9.59 Å². The quantitative estimate of drug-likeness (QED) is 0.624. The lowest BCUT2D eigenvalue weighted by molar-refractivity contribution is -0.119. The van der Waals surface area contributed by atoms with E-state index in [1.807, 2.05) is 6.07 Å². The summed E-state index contributed by atoms with van der Waals surface area (Å²) in [7, 11) is 0. The van der Waals surface area contributed by atoms with Crippen molar-refractivity contribution >= 4 is 40.9 Å². The molecule has 0 radical (unpaired) electrons. The third kappa shape index (κ3) is 6.52. The Labute approximate surface area is 172 Å². The first kappa shape index (κ1) is 21.7. The molecule has 0 unspecified atom stereocenters. The number of esters is 1. The number of hydrogen-bond acceptors (Lipinski definition) is 5. The Kier molecular flexibility index (Phi) is 7.57. The lowest BCUT2D eigenvalue weighted by Gasteiger charge is -2.13. The molecule has 0 atom stereocenters. The molecule has 9 heteroatoms. The van der Waals surface area contributed by atoms with E-state index in [0.717, 1.165) is 0 Å². The Morgan fingerprint density at radius 1 is 1.14 bits per heavy atom. The highest BCUT2D eigenvalue weighted by atomic mass is 35.5. The first-order chi connectivity index (χ1) is 13.8. The molecule has 0 saturated heterocycles. The van der Waals surface area contributed by atoms with Gasteiger partial charge in [-0.15, -0.1) is 0 Å². The van der Waals surface area contributed by atoms with E-state index < -0.39 is 24.5 Å². The maximum Gasteiger partial charge on any atom is 0.340 e. The van der Waals surface area contributed by atoms with E-state index in [1.165, 1.54) is 24.3 Å². The van der Waals surface area contributed by atoms with Gasteiger partial charge in [0.2, 0.25) is 0 Å². The SMILES string of the molecule is CC(C)NC(=O)Nc1ccccc1C(=O)OCC(=O)Nc1ccc(C#N)c(Cl)c1. The molecule has 0 saturated carbocycles. The average Bonchev–Trinajstić information content (AvgIpc) is 2.66. The fraction of sp³-hybridized carbons (Fsp3) is 0.200. The number of amides is 3. The van der Waals surface area contributed by atoms with Crippen LogP contribution in [0.4, 0.5) is 16.2 Å². The van der Waals surface area contributed by atoms with E-state index >= 15 is 0 Å². The van der Waals surface area contributed by atoms with Gasteiger partial charge in [0.25, 0.3) is 5.91 Å². The molecule has 0 aliphatic carbocycles. The van der Waals surface area contributed by atoms with Crippen molar-refractivity contribution in [2.45, 2.75) is 19.9 Å². The van der Waals surface area contributed by atoms with Gasteiger partial charge in [-0.2, -0.15) is 5.26 Å². The minimum Gasteiger partial charge on any atom is -0.452 e. The summed E-state index contributed by atoms with van der Waals surface area (Å²) in [4.78, 5) is 36.2. The van der Waals surface area contributed by atoms with Crippen LogP contribution in [0, 0.1) is 11.3 Å². The first-order valence-electron chi connectivity index (χ1n) is 8.63. The number of benzene rings is 2. The van der Waals surface area contributed by atoms with E-state index in [2.05, 4.69) is 16.0 Å². The Morgan fingerprint density at radius 2 is 1.86 bits per heavy atom. The molecule has 2 aromatic carbocycles. The third-order valence-electron chi connectivity index (χ3n) is 3.52. The number of rotatable bonds is 6. The number of carbonyl (C=O) groups is 3. The standard InChI is InChI=1S/C20H19ClN4O4/c1-12(2)23-20(28)25-17-6-4-3-5-15(17)19(27)29-11-18(26)24-14-8-7-13(10-22)16(21)9-14/h3-9,12H,11H2,1-2H3,(H,24,26)(H2,23,25,28). The summed E-state index contributed by atoms with van der Waals surface area (Å²) in [5.74, 6) is -1.35. The highest BCUT2D eigenvalue weighted by molar-refractivity contribution is 6.32. The van der Waals surface area contributed by atoms with Gasteiger partial charge in [-0.05, 0) is 44.2 Å². The topological polar surface area (TPSA) is 120 Å². The molecule has 0 aromatic heterocycles. The van der Waals surface area contributed by atoms with Gasteiger partial charge in [0.05, 0.1) is 21.8 Å². The summed E-state index contributed by atoms with van der Waals surface area (Å²) < 4.78 is 5.03. The van der Waals surface area contributed by atoms with Crippen LogP contribution < -0.4 is 16.0 Å². The number of halogens is 1. The maximum atomic E-state index is 12.3. The monoisotopic (exact) mass is 414 g/mol. The van der Waals surface area contributed by atoms with Crippen molar-refractivity contribution in [3.8, 4) is 6.07 Å². The predicted octanol–water partition coefficient (Wildman–Crippen LogP) is 3.54. The van der Waals surface area contributed by atoms with Crippen LogP contribution in [-0.4, -0.2) is 30.6 Å². The van der Waals surface area contributed by atoms with Crippen LogP contribution in [-0.2, 0) is 9.53 Å². The van der Waals surface area contributed by atoms with Crippen molar-refractivity contribution in [2.75, 3.05) is 17.2 Å². The fourth-order valence-corrected chi connectivity index (χ4v) is 2.50. The normalized spacial score (nSPS) is 10.0. The summed E-state index contributed by atoms with van der Waals surface area (Å²) >= 11 is 5.91. The molecule has 29 heavy (non-hydrogen) atoms. The van der Waals surface area contributed by atoms with Crippen LogP contribution in [0.15, 0.2) is 42.5 Å². The van der Waals surface area contributed by atoms with Crippen LogP contribution in [0.5, 0.6) is 0 Å². The molecule has 0 aliphatic heterocycles. The summed E-state index contributed by atoms with van der Waals surface area (Å²) in [5.41, 5.74) is 1.01. The van der Waals surface area contributed by atoms with Crippen LogP contribution in [0.2, 0.25) is 5.02 Å². The van der Waals surface area contributed by atoms with Gasteiger partial charge >= 0.3 is 12.0 Å². The van der Waals surface area contributed by atoms with E-state index in [-0.39, 0.29) is 27.9 Å². The average molecular weight is 415 g/mol. The number of nitriles is 1. The number of hydrogen-bond donors (Lipinski definition) is 3. The van der Waals surface area contributed by atoms with Crippen molar-refractivity contribution in [3.63, 3.8) is 0 Å². The molecule has 0 fully saturated rings. The number of para-hydroxylation sites is 1. The van der Waals surface area contributed by atoms with Gasteiger partial charge in [0.1, 0.15) is 6.07 Å². The number of urea groups is 1. The zero-order chi connectivity index (χ0) is 21.4. The van der Waals surface area contributed by atoms with E-state index in [4.69, 9.17) is 21.6 Å². The van der Waals surface area contributed by atoms with Gasteiger partial charge in [0, 0.05) is 11.7 Å². The van der Waals surface area contributed by atoms with Gasteiger partial charge in [0.15, 0.2) is 6.61 Å². The van der Waals surface area contributed by atoms with Crippen molar-refractivity contribution < 1.29 is 19.1 Å². The lowest BCUT2D eigenvalue weighted by Crippen LogP contribution is -2.34. The van der Waals surface area contributed by atoms with Gasteiger partial charge in [-0.3, -0.25) is 4.79 Å². The number of nitrogens with one attached hydrogen (secondary N) is 3. The number of carbonyl (C=O) groups excluding carboxylic acids is 3. The van der Waals surface area contributed by atoms with Crippen molar-refractivity contribution in [3.05, 3.63) is 58.6 Å². The second-order valence-corrected chi connectivity index (χ2v) is 6.64. The third-order valence-corrected chi connectivity index (χ3v) is 3.84. The molecular weight excluding hydrogens is 396 g/mol. The minimum atomic E-state index is -0.765. The molecule has 2 aromatic rings. The van der Waals surface area contributed by atoms with Crippen LogP contribution in [0.1, 0.15) is 29.8 Å². The second-order valence-electron chi connectivity index (χ2n) is 6.23. The lowest BCUT2D eigenvalue weighted by atomic mass is 10.2. The first-order valence-corrected chi connectivity index (χ1v) is 9.01. The van der Waals surface area contributed by atoms with Gasteiger partial charge < -0.3 is 20.7 Å². The molecule has 150 valence electrons. The van der Waals surface area contributed by atoms with E-state index in [9.17, 15) is 14.4 Å². The smallest absolute Gasteiger partial charge is 0.340 e. The van der Waals surface area contributed by atoms with Crippen molar-refractivity contribution in [1.29, 1.82) is 5.26 Å². The van der Waals surface area contributed by atoms with Crippen LogP contribution in [0.25, 0.3) is 0 Å². The summed E-state index contributed by atoms with van der Waals surface area (Å²) in [6.45, 7) is 3.07. The number of ether oxygens (including phenoxy) is 1. The highest BCUT2D eigenvalue weighted by Crippen LogP contribution is 2.20. The Hall–Kier alpha value is -3.57. The molecule has 0 bridgehead atoms. The molecule has 3 N–H and O–H groups in total. The van der Waals surface area contributed by atoms with Crippen molar-refractivity contribution in [2.24, 2.45) is 0 Å². The molecule has 3 amide bonds. The zero-order valence-electron chi connectivity index (χ0n) is 15.8. The van der Waals surface area contributed by atoms with Gasteiger partial charge in [-0.1, -0.05) is 23.7 Å². The Bertz CT molecular complexity index is 969. The number of anilines is 2. The Morgan fingerprint density at radius 3 is 2.52 bits per heavy atom. The minimum absolute atomic E-state index is 0.0754. The summed E-state index contributed by atoms with van der Waals surface area (Å²) in [6.07, 6.45) is 0. The molecule has 0 heterocycles. The number of nitrogens with zero attached hydrogens (tertiary/aromatic N) is 1. The van der Waals surface area contributed by atoms with Crippen LogP contribution >= 0.6 is 11.6 Å². The van der Waals surface area contributed by atoms with Crippen molar-refractivity contribution in [1.82, 2.24) is 5.32 Å². The summed E-state index contributed by atoms with van der Waals surface area (Å²) in [6, 6.07) is 12.1.